The fourth-order valence-electron chi connectivity index (χ4n) is 1.76. The first kappa shape index (κ1) is 11.0. The number of aliphatic hydroxyl groups excluding tert-OH is 1. The van der Waals surface area contributed by atoms with Gasteiger partial charge in [0.05, 0.1) is 5.69 Å². The molecule has 1 unspecified atom stereocenters. The van der Waals surface area contributed by atoms with Gasteiger partial charge in [-0.2, -0.15) is 0 Å². The summed E-state index contributed by atoms with van der Waals surface area (Å²) in [7, 11) is 1.80. The van der Waals surface area contributed by atoms with Crippen molar-refractivity contribution in [3.05, 3.63) is 29.5 Å². The third-order valence-electron chi connectivity index (χ3n) is 2.52. The largest absolute Gasteiger partial charge is 0.385 e. The summed E-state index contributed by atoms with van der Waals surface area (Å²) in [5.74, 6) is 0.880. The number of hydrogen-bond acceptors (Lipinski definition) is 4. The lowest BCUT2D eigenvalue weighted by molar-refractivity contribution is 0.173. The summed E-state index contributed by atoms with van der Waals surface area (Å²) < 4.78 is 1.89. The zero-order chi connectivity index (χ0) is 11.7. The molecule has 0 amide bonds. The molecule has 0 aliphatic carbocycles. The highest BCUT2D eigenvalue weighted by Crippen LogP contribution is 2.14. The smallest absolute Gasteiger partial charge is 0.140 e. The van der Waals surface area contributed by atoms with Crippen LogP contribution in [0.5, 0.6) is 0 Å². The number of imidazole rings is 1. The Hall–Kier alpha value is -1.46. The molecule has 1 atom stereocenters. The van der Waals surface area contributed by atoms with Crippen LogP contribution >= 0.6 is 0 Å². The zero-order valence-corrected chi connectivity index (χ0v) is 9.73. The maximum atomic E-state index is 9.82. The standard InChI is InChI=1S/C11H16N4O/c1-7-4-11-14-9(10(16)5-12-3)6-15(11)8(2)13-7/h4,6,10,12,16H,5H2,1-3H3. The maximum Gasteiger partial charge on any atom is 0.140 e. The first-order valence-electron chi connectivity index (χ1n) is 5.27. The third-order valence-corrected chi connectivity index (χ3v) is 2.52. The molecule has 2 N–H and O–H groups in total. The minimum atomic E-state index is -0.579. The van der Waals surface area contributed by atoms with Crippen molar-refractivity contribution >= 4 is 5.65 Å². The van der Waals surface area contributed by atoms with E-state index in [4.69, 9.17) is 0 Å². The van der Waals surface area contributed by atoms with Gasteiger partial charge in [0.15, 0.2) is 0 Å². The molecule has 0 aromatic carbocycles. The molecular formula is C11H16N4O. The van der Waals surface area contributed by atoms with Crippen LogP contribution in [0.2, 0.25) is 0 Å². The van der Waals surface area contributed by atoms with Gasteiger partial charge in [0, 0.05) is 24.5 Å². The molecule has 2 aromatic heterocycles. The molecule has 0 saturated heterocycles. The number of rotatable bonds is 3. The number of aromatic nitrogens is 3. The van der Waals surface area contributed by atoms with Crippen molar-refractivity contribution in [3.8, 4) is 0 Å². The van der Waals surface area contributed by atoms with E-state index in [2.05, 4.69) is 15.3 Å². The average Bonchev–Trinajstić information content (AvgIpc) is 2.62. The second kappa shape index (κ2) is 4.19. The van der Waals surface area contributed by atoms with Crippen LogP contribution in [0.1, 0.15) is 23.3 Å². The Kier molecular flexibility index (Phi) is 2.89. The van der Waals surface area contributed by atoms with Crippen molar-refractivity contribution in [2.45, 2.75) is 20.0 Å². The number of aryl methyl sites for hydroxylation is 2. The summed E-state index contributed by atoms with van der Waals surface area (Å²) >= 11 is 0. The van der Waals surface area contributed by atoms with Gasteiger partial charge in [0.25, 0.3) is 0 Å². The van der Waals surface area contributed by atoms with Gasteiger partial charge in [0.1, 0.15) is 17.6 Å². The van der Waals surface area contributed by atoms with Crippen molar-refractivity contribution in [1.29, 1.82) is 0 Å². The van der Waals surface area contributed by atoms with Crippen molar-refractivity contribution in [2.24, 2.45) is 0 Å². The van der Waals surface area contributed by atoms with Gasteiger partial charge >= 0.3 is 0 Å². The molecule has 5 nitrogen and oxygen atoms in total. The van der Waals surface area contributed by atoms with Crippen LogP contribution < -0.4 is 5.32 Å². The van der Waals surface area contributed by atoms with Gasteiger partial charge in [-0.05, 0) is 20.9 Å². The maximum absolute atomic E-state index is 9.82. The van der Waals surface area contributed by atoms with Crippen molar-refractivity contribution < 1.29 is 5.11 Å². The second-order valence-electron chi connectivity index (χ2n) is 3.91. The highest BCUT2D eigenvalue weighted by atomic mass is 16.3. The summed E-state index contributed by atoms with van der Waals surface area (Å²) in [6.45, 7) is 4.36. The monoisotopic (exact) mass is 220 g/mol. The summed E-state index contributed by atoms with van der Waals surface area (Å²) in [6.07, 6.45) is 1.25. The first-order valence-corrected chi connectivity index (χ1v) is 5.27. The van der Waals surface area contributed by atoms with Gasteiger partial charge in [0.2, 0.25) is 0 Å². The molecule has 2 aromatic rings. The quantitative estimate of drug-likeness (QED) is 0.795. The fraction of sp³-hybridized carbons (Fsp3) is 0.455. The van der Waals surface area contributed by atoms with E-state index in [0.717, 1.165) is 17.2 Å². The molecule has 0 radical (unpaired) electrons. The lowest BCUT2D eigenvalue weighted by Crippen LogP contribution is -2.16. The molecule has 0 bridgehead atoms. The number of likely N-dealkylation sites (N-methyl/N-ethyl adjacent to an activating group) is 1. The van der Waals surface area contributed by atoms with E-state index in [0.29, 0.717) is 12.2 Å². The van der Waals surface area contributed by atoms with E-state index >= 15 is 0 Å². The van der Waals surface area contributed by atoms with E-state index in [1.54, 1.807) is 7.05 Å². The molecular weight excluding hydrogens is 204 g/mol. The molecule has 86 valence electrons. The molecule has 2 rings (SSSR count). The average molecular weight is 220 g/mol. The van der Waals surface area contributed by atoms with E-state index in [-0.39, 0.29) is 0 Å². The van der Waals surface area contributed by atoms with Gasteiger partial charge < -0.3 is 10.4 Å². The Labute approximate surface area is 94.2 Å². The first-order chi connectivity index (χ1) is 7.61. The van der Waals surface area contributed by atoms with Crippen molar-refractivity contribution in [3.63, 3.8) is 0 Å². The van der Waals surface area contributed by atoms with Crippen molar-refractivity contribution in [1.82, 2.24) is 19.7 Å². The summed E-state index contributed by atoms with van der Waals surface area (Å²) in [5, 5.41) is 12.7. The normalized spacial score (nSPS) is 13.2. The predicted octanol–water partition coefficient (Wildman–Crippen LogP) is 0.599. The zero-order valence-electron chi connectivity index (χ0n) is 9.73. The minimum Gasteiger partial charge on any atom is -0.385 e. The molecule has 0 fully saturated rings. The molecule has 0 aliphatic heterocycles. The van der Waals surface area contributed by atoms with Gasteiger partial charge in [-0.1, -0.05) is 0 Å². The van der Waals surface area contributed by atoms with Crippen LogP contribution in [0.15, 0.2) is 12.3 Å². The Morgan fingerprint density at radius 3 is 2.88 bits per heavy atom. The molecule has 0 saturated carbocycles. The van der Waals surface area contributed by atoms with Crippen LogP contribution in [0, 0.1) is 13.8 Å². The molecule has 5 heteroatoms. The SMILES string of the molecule is CNCC(O)c1cn2c(C)nc(C)cc2n1. The van der Waals surface area contributed by atoms with E-state index in [1.165, 1.54) is 0 Å². The van der Waals surface area contributed by atoms with Gasteiger partial charge in [-0.25, -0.2) is 9.97 Å². The number of nitrogens with one attached hydrogen (secondary N) is 1. The number of hydrogen-bond donors (Lipinski definition) is 2. The Morgan fingerprint density at radius 2 is 2.19 bits per heavy atom. The lowest BCUT2D eigenvalue weighted by atomic mass is 10.3. The fourth-order valence-corrected chi connectivity index (χ4v) is 1.76. The molecule has 2 heterocycles. The highest BCUT2D eigenvalue weighted by Gasteiger charge is 2.12. The van der Waals surface area contributed by atoms with E-state index in [1.807, 2.05) is 30.5 Å². The minimum absolute atomic E-state index is 0.495. The Morgan fingerprint density at radius 1 is 1.44 bits per heavy atom. The van der Waals surface area contributed by atoms with Gasteiger partial charge in [-0.3, -0.25) is 4.40 Å². The topological polar surface area (TPSA) is 62.5 Å². The highest BCUT2D eigenvalue weighted by molar-refractivity contribution is 5.42. The summed E-state index contributed by atoms with van der Waals surface area (Å²) in [5.41, 5.74) is 2.44. The molecule has 0 aliphatic rings. The predicted molar refractivity (Wildman–Crippen MR) is 61.3 cm³/mol. The summed E-state index contributed by atoms with van der Waals surface area (Å²) in [4.78, 5) is 8.73. The van der Waals surface area contributed by atoms with Crippen LogP contribution in [0.3, 0.4) is 0 Å². The van der Waals surface area contributed by atoms with E-state index < -0.39 is 6.10 Å². The lowest BCUT2D eigenvalue weighted by Gasteiger charge is -2.04. The van der Waals surface area contributed by atoms with Crippen LogP contribution in [-0.2, 0) is 0 Å². The van der Waals surface area contributed by atoms with Gasteiger partial charge in [-0.15, -0.1) is 0 Å². The molecule has 0 spiro atoms. The number of nitrogens with zero attached hydrogens (tertiary/aromatic N) is 3. The Bertz CT molecular complexity index is 506. The third kappa shape index (κ3) is 1.91. The number of fused-ring (bicyclic) bond motifs is 1. The van der Waals surface area contributed by atoms with Crippen LogP contribution in [0.25, 0.3) is 5.65 Å². The van der Waals surface area contributed by atoms with Crippen LogP contribution in [-0.4, -0.2) is 33.1 Å². The Balaban J connectivity index is 2.47. The summed E-state index contributed by atoms with van der Waals surface area (Å²) in [6, 6.07) is 1.91. The van der Waals surface area contributed by atoms with E-state index in [9.17, 15) is 5.11 Å². The number of aliphatic hydroxyl groups is 1. The molecule has 16 heavy (non-hydrogen) atoms. The van der Waals surface area contributed by atoms with Crippen LogP contribution in [0.4, 0.5) is 0 Å². The van der Waals surface area contributed by atoms with Crippen molar-refractivity contribution in [2.75, 3.05) is 13.6 Å². The second-order valence-corrected chi connectivity index (χ2v) is 3.91.